The van der Waals surface area contributed by atoms with E-state index in [0.29, 0.717) is 0 Å². The molecule has 3 atom stereocenters. The molecule has 0 aliphatic rings. The molecule has 17 heavy (non-hydrogen) atoms. The van der Waals surface area contributed by atoms with Crippen molar-refractivity contribution in [2.75, 3.05) is 13.7 Å². The van der Waals surface area contributed by atoms with Crippen LogP contribution in [0.5, 0.6) is 0 Å². The second-order valence-corrected chi connectivity index (χ2v) is 5.86. The smallest absolute Gasteiger partial charge is 0.0490 e. The zero-order chi connectivity index (χ0) is 13.1. The second-order valence-electron chi connectivity index (χ2n) is 5.86. The highest BCUT2D eigenvalue weighted by molar-refractivity contribution is 4.63. The van der Waals surface area contributed by atoms with Gasteiger partial charge in [0, 0.05) is 13.7 Å². The standard InChI is InChI=1S/C16H34O/c1-6-14(3)9-8-10-16(13-17-5)12-11-15(4)7-2/h14-16H,6-13H2,1-5H3. The average molecular weight is 242 g/mol. The highest BCUT2D eigenvalue weighted by atomic mass is 16.5. The molecule has 0 aliphatic heterocycles. The third-order valence-electron chi connectivity index (χ3n) is 4.17. The normalized spacial score (nSPS) is 16.8. The van der Waals surface area contributed by atoms with Crippen LogP contribution in [0.2, 0.25) is 0 Å². The lowest BCUT2D eigenvalue weighted by Gasteiger charge is -2.18. The molecule has 3 unspecified atom stereocenters. The predicted octanol–water partition coefficient (Wildman–Crippen LogP) is 5.29. The molecule has 0 fully saturated rings. The van der Waals surface area contributed by atoms with Crippen LogP contribution in [0.25, 0.3) is 0 Å². The van der Waals surface area contributed by atoms with Gasteiger partial charge < -0.3 is 4.74 Å². The first-order valence-corrected chi connectivity index (χ1v) is 7.62. The largest absolute Gasteiger partial charge is 0.384 e. The van der Waals surface area contributed by atoms with E-state index in [9.17, 15) is 0 Å². The summed E-state index contributed by atoms with van der Waals surface area (Å²) in [5.74, 6) is 2.56. The molecule has 0 rings (SSSR count). The summed E-state index contributed by atoms with van der Waals surface area (Å²) >= 11 is 0. The average Bonchev–Trinajstić information content (AvgIpc) is 2.35. The van der Waals surface area contributed by atoms with Crippen molar-refractivity contribution in [3.63, 3.8) is 0 Å². The van der Waals surface area contributed by atoms with Crippen molar-refractivity contribution in [3.05, 3.63) is 0 Å². The molecule has 0 heterocycles. The maximum absolute atomic E-state index is 5.35. The molecule has 0 radical (unpaired) electrons. The first-order chi connectivity index (χ1) is 8.13. The summed E-state index contributed by atoms with van der Waals surface area (Å²) in [4.78, 5) is 0. The van der Waals surface area contributed by atoms with Crippen LogP contribution in [0, 0.1) is 17.8 Å². The van der Waals surface area contributed by atoms with Crippen molar-refractivity contribution in [2.24, 2.45) is 17.8 Å². The second kappa shape index (κ2) is 11.1. The van der Waals surface area contributed by atoms with Crippen molar-refractivity contribution in [1.82, 2.24) is 0 Å². The highest BCUT2D eigenvalue weighted by Gasteiger charge is 2.11. The summed E-state index contributed by atoms with van der Waals surface area (Å²) in [6, 6.07) is 0. The van der Waals surface area contributed by atoms with Gasteiger partial charge in [0.05, 0.1) is 0 Å². The Bertz CT molecular complexity index is 156. The van der Waals surface area contributed by atoms with Gasteiger partial charge in [-0.1, -0.05) is 59.8 Å². The summed E-state index contributed by atoms with van der Waals surface area (Å²) in [7, 11) is 1.84. The number of ether oxygens (including phenoxy) is 1. The molecule has 0 saturated heterocycles. The summed E-state index contributed by atoms with van der Waals surface area (Å²) in [6.45, 7) is 10.3. The molecule has 1 heteroatoms. The Morgan fingerprint density at radius 2 is 1.41 bits per heavy atom. The van der Waals surface area contributed by atoms with Gasteiger partial charge in [0.1, 0.15) is 0 Å². The van der Waals surface area contributed by atoms with Gasteiger partial charge in [-0.2, -0.15) is 0 Å². The Hall–Kier alpha value is -0.0400. The summed E-state index contributed by atoms with van der Waals surface area (Å²) in [5, 5.41) is 0. The topological polar surface area (TPSA) is 9.23 Å². The Balaban J connectivity index is 3.73. The van der Waals surface area contributed by atoms with Crippen molar-refractivity contribution in [1.29, 1.82) is 0 Å². The summed E-state index contributed by atoms with van der Waals surface area (Å²) in [5.41, 5.74) is 0. The van der Waals surface area contributed by atoms with Gasteiger partial charge in [0.15, 0.2) is 0 Å². The van der Waals surface area contributed by atoms with Gasteiger partial charge in [0.2, 0.25) is 0 Å². The molecular weight excluding hydrogens is 208 g/mol. The molecule has 0 bridgehead atoms. The number of methoxy groups -OCH3 is 1. The monoisotopic (exact) mass is 242 g/mol. The third kappa shape index (κ3) is 9.64. The van der Waals surface area contributed by atoms with Crippen LogP contribution in [-0.4, -0.2) is 13.7 Å². The lowest BCUT2D eigenvalue weighted by molar-refractivity contribution is 0.136. The molecule has 1 nitrogen and oxygen atoms in total. The van der Waals surface area contributed by atoms with Crippen molar-refractivity contribution in [3.8, 4) is 0 Å². The Kier molecular flexibility index (Phi) is 11.0. The first-order valence-electron chi connectivity index (χ1n) is 7.62. The lowest BCUT2D eigenvalue weighted by atomic mass is 9.90. The molecule has 0 saturated carbocycles. The molecule has 0 spiro atoms. The van der Waals surface area contributed by atoms with Crippen LogP contribution >= 0.6 is 0 Å². The Labute approximate surface area is 109 Å². The van der Waals surface area contributed by atoms with Crippen molar-refractivity contribution in [2.45, 2.75) is 72.6 Å². The highest BCUT2D eigenvalue weighted by Crippen LogP contribution is 2.22. The van der Waals surface area contributed by atoms with E-state index in [2.05, 4.69) is 27.7 Å². The molecule has 0 aromatic carbocycles. The zero-order valence-corrected chi connectivity index (χ0v) is 12.8. The number of rotatable bonds is 11. The first kappa shape index (κ1) is 17.0. The van der Waals surface area contributed by atoms with E-state index >= 15 is 0 Å². The number of hydrogen-bond donors (Lipinski definition) is 0. The van der Waals surface area contributed by atoms with Crippen molar-refractivity contribution < 1.29 is 4.74 Å². The van der Waals surface area contributed by atoms with Crippen LogP contribution < -0.4 is 0 Å². The minimum absolute atomic E-state index is 0.790. The van der Waals surface area contributed by atoms with E-state index in [1.165, 1.54) is 44.9 Å². The third-order valence-corrected chi connectivity index (χ3v) is 4.17. The molecule has 0 aromatic rings. The van der Waals surface area contributed by atoms with E-state index in [4.69, 9.17) is 4.74 Å². The molecule has 104 valence electrons. The maximum Gasteiger partial charge on any atom is 0.0490 e. The van der Waals surface area contributed by atoms with E-state index < -0.39 is 0 Å². The minimum atomic E-state index is 0.790. The fourth-order valence-corrected chi connectivity index (χ4v) is 2.23. The van der Waals surface area contributed by atoms with E-state index in [0.717, 1.165) is 24.4 Å². The predicted molar refractivity (Wildman–Crippen MR) is 77.4 cm³/mol. The molecule has 0 aromatic heterocycles. The fourth-order valence-electron chi connectivity index (χ4n) is 2.23. The molecular formula is C16H34O. The fraction of sp³-hybridized carbons (Fsp3) is 1.00. The summed E-state index contributed by atoms with van der Waals surface area (Å²) < 4.78 is 5.35. The van der Waals surface area contributed by atoms with Gasteiger partial charge in [-0.3, -0.25) is 0 Å². The van der Waals surface area contributed by atoms with Gasteiger partial charge in [-0.15, -0.1) is 0 Å². The zero-order valence-electron chi connectivity index (χ0n) is 12.8. The van der Waals surface area contributed by atoms with E-state index in [1.807, 2.05) is 7.11 Å². The number of hydrogen-bond acceptors (Lipinski definition) is 1. The van der Waals surface area contributed by atoms with Gasteiger partial charge in [0.25, 0.3) is 0 Å². The molecule has 0 N–H and O–H groups in total. The van der Waals surface area contributed by atoms with Crippen LogP contribution in [-0.2, 0) is 4.74 Å². The van der Waals surface area contributed by atoms with E-state index in [1.54, 1.807) is 0 Å². The van der Waals surface area contributed by atoms with Gasteiger partial charge in [-0.05, 0) is 30.6 Å². The minimum Gasteiger partial charge on any atom is -0.384 e. The van der Waals surface area contributed by atoms with Crippen LogP contribution in [0.15, 0.2) is 0 Å². The van der Waals surface area contributed by atoms with Gasteiger partial charge in [-0.25, -0.2) is 0 Å². The Morgan fingerprint density at radius 1 is 0.824 bits per heavy atom. The van der Waals surface area contributed by atoms with E-state index in [-0.39, 0.29) is 0 Å². The maximum atomic E-state index is 5.35. The molecule has 0 aliphatic carbocycles. The Morgan fingerprint density at radius 3 is 1.94 bits per heavy atom. The van der Waals surface area contributed by atoms with Crippen molar-refractivity contribution >= 4 is 0 Å². The quantitative estimate of drug-likeness (QED) is 0.478. The van der Waals surface area contributed by atoms with Crippen LogP contribution in [0.3, 0.4) is 0 Å². The van der Waals surface area contributed by atoms with Crippen LogP contribution in [0.1, 0.15) is 72.6 Å². The SMILES string of the molecule is CCC(C)CCCC(CCC(C)CC)COC. The van der Waals surface area contributed by atoms with Crippen LogP contribution in [0.4, 0.5) is 0 Å². The van der Waals surface area contributed by atoms with Gasteiger partial charge >= 0.3 is 0 Å². The molecule has 0 amide bonds. The summed E-state index contributed by atoms with van der Waals surface area (Å²) in [6.07, 6.45) is 9.48. The lowest BCUT2D eigenvalue weighted by Crippen LogP contribution is -2.10.